The molecule has 0 radical (unpaired) electrons. The van der Waals surface area contributed by atoms with Gasteiger partial charge in [0.15, 0.2) is 0 Å². The van der Waals surface area contributed by atoms with Gasteiger partial charge in [-0.05, 0) is 36.6 Å². The number of aromatic nitrogens is 1. The number of anilines is 1. The van der Waals surface area contributed by atoms with E-state index in [0.717, 1.165) is 17.4 Å². The zero-order chi connectivity index (χ0) is 12.8. The maximum absolute atomic E-state index is 5.80. The molecule has 2 unspecified atom stereocenters. The Balaban J connectivity index is 1.88. The lowest BCUT2D eigenvalue weighted by atomic mass is 10.1. The van der Waals surface area contributed by atoms with Crippen LogP contribution in [0.2, 0.25) is 0 Å². The Kier molecular flexibility index (Phi) is 2.49. The number of benzene rings is 1. The summed E-state index contributed by atoms with van der Waals surface area (Å²) in [5.74, 6) is 2.04. The summed E-state index contributed by atoms with van der Waals surface area (Å²) in [7, 11) is 0. The summed E-state index contributed by atoms with van der Waals surface area (Å²) >= 11 is 0. The van der Waals surface area contributed by atoms with Crippen molar-refractivity contribution in [3.63, 3.8) is 0 Å². The Morgan fingerprint density at radius 2 is 2.16 bits per heavy atom. The van der Waals surface area contributed by atoms with E-state index in [0.29, 0.717) is 12.6 Å². The Hall–Kier alpha value is -1.61. The van der Waals surface area contributed by atoms with Crippen molar-refractivity contribution in [2.75, 3.05) is 11.4 Å². The molecule has 1 aliphatic heterocycles. The lowest BCUT2D eigenvalue weighted by molar-refractivity contribution is 0.551. The van der Waals surface area contributed by atoms with E-state index in [9.17, 15) is 0 Å². The van der Waals surface area contributed by atoms with Gasteiger partial charge >= 0.3 is 0 Å². The molecule has 1 saturated heterocycles. The summed E-state index contributed by atoms with van der Waals surface area (Å²) in [5, 5.41) is 2.53. The van der Waals surface area contributed by atoms with Gasteiger partial charge in [-0.2, -0.15) is 0 Å². The zero-order valence-corrected chi connectivity index (χ0v) is 11.0. The number of nitrogens with two attached hydrogens (primary N) is 1. The van der Waals surface area contributed by atoms with E-state index >= 15 is 0 Å². The number of pyridine rings is 1. The van der Waals surface area contributed by atoms with Crippen molar-refractivity contribution in [3.8, 4) is 0 Å². The minimum atomic E-state index is 0.514. The molecule has 3 heteroatoms. The van der Waals surface area contributed by atoms with Crippen molar-refractivity contribution in [2.45, 2.75) is 31.8 Å². The van der Waals surface area contributed by atoms with E-state index in [1.54, 1.807) is 0 Å². The predicted octanol–water partition coefficient (Wildman–Crippen LogP) is 2.68. The van der Waals surface area contributed by atoms with Crippen molar-refractivity contribution in [1.29, 1.82) is 0 Å². The topological polar surface area (TPSA) is 42.1 Å². The number of piperidine rings is 1. The number of nitrogens with zero attached hydrogens (tertiary/aromatic N) is 2. The van der Waals surface area contributed by atoms with Crippen LogP contribution in [0.1, 0.15) is 25.0 Å². The molecule has 1 saturated carbocycles. The number of hydrogen-bond donors (Lipinski definition) is 1. The molecule has 2 atom stereocenters. The van der Waals surface area contributed by atoms with Crippen LogP contribution in [0.5, 0.6) is 0 Å². The first-order valence-corrected chi connectivity index (χ1v) is 7.20. The van der Waals surface area contributed by atoms with Crippen molar-refractivity contribution in [1.82, 2.24) is 4.98 Å². The summed E-state index contributed by atoms with van der Waals surface area (Å²) in [6.07, 6.45) is 4.08. The molecule has 4 rings (SSSR count). The van der Waals surface area contributed by atoms with E-state index in [4.69, 9.17) is 10.7 Å². The van der Waals surface area contributed by atoms with E-state index in [1.165, 1.54) is 36.6 Å². The third-order valence-electron chi connectivity index (χ3n) is 4.66. The summed E-state index contributed by atoms with van der Waals surface area (Å²) < 4.78 is 0. The third kappa shape index (κ3) is 1.72. The molecule has 0 amide bonds. The minimum Gasteiger partial charge on any atom is -0.353 e. The first kappa shape index (κ1) is 11.2. The maximum atomic E-state index is 5.80. The average molecular weight is 253 g/mol. The highest BCUT2D eigenvalue weighted by Crippen LogP contribution is 2.41. The summed E-state index contributed by atoms with van der Waals surface area (Å²) in [5.41, 5.74) is 6.80. The second kappa shape index (κ2) is 4.20. The quantitative estimate of drug-likeness (QED) is 0.894. The normalized spacial score (nSPS) is 25.4. The molecule has 1 aliphatic carbocycles. The highest BCUT2D eigenvalue weighted by molar-refractivity contribution is 5.92. The SMILES string of the molecule is NCc1cc2ccccc2c(N2CC3CCC2C3)n1. The molecule has 2 aliphatic rings. The van der Waals surface area contributed by atoms with Crippen LogP contribution in [0, 0.1) is 5.92 Å². The van der Waals surface area contributed by atoms with Crippen LogP contribution in [-0.4, -0.2) is 17.6 Å². The van der Waals surface area contributed by atoms with Gasteiger partial charge in [0, 0.05) is 24.5 Å². The molecular weight excluding hydrogens is 234 g/mol. The zero-order valence-electron chi connectivity index (χ0n) is 11.0. The standard InChI is InChI=1S/C16H19N3/c17-9-13-8-12-3-1-2-4-15(12)16(18-13)19-10-11-5-6-14(19)7-11/h1-4,8,11,14H,5-7,9-10,17H2. The lowest BCUT2D eigenvalue weighted by Crippen LogP contribution is -2.33. The van der Waals surface area contributed by atoms with Gasteiger partial charge in [0.2, 0.25) is 0 Å². The van der Waals surface area contributed by atoms with Crippen LogP contribution in [0.25, 0.3) is 10.8 Å². The van der Waals surface area contributed by atoms with Gasteiger partial charge in [0.05, 0.1) is 5.69 Å². The van der Waals surface area contributed by atoms with Crippen molar-refractivity contribution < 1.29 is 0 Å². The molecular formula is C16H19N3. The predicted molar refractivity (Wildman–Crippen MR) is 78.1 cm³/mol. The number of fused-ring (bicyclic) bond motifs is 3. The van der Waals surface area contributed by atoms with Gasteiger partial charge in [0.25, 0.3) is 0 Å². The van der Waals surface area contributed by atoms with E-state index < -0.39 is 0 Å². The third-order valence-corrected chi connectivity index (χ3v) is 4.66. The highest BCUT2D eigenvalue weighted by atomic mass is 15.2. The second-order valence-electron chi connectivity index (χ2n) is 5.85. The van der Waals surface area contributed by atoms with Crippen molar-refractivity contribution >= 4 is 16.6 Å². The molecule has 2 N–H and O–H groups in total. The summed E-state index contributed by atoms with van der Waals surface area (Å²) in [6.45, 7) is 1.69. The first-order valence-electron chi connectivity index (χ1n) is 7.20. The average Bonchev–Trinajstić information content (AvgIpc) is 3.08. The van der Waals surface area contributed by atoms with Gasteiger partial charge in [-0.3, -0.25) is 0 Å². The van der Waals surface area contributed by atoms with E-state index in [1.807, 2.05) is 0 Å². The maximum Gasteiger partial charge on any atom is 0.137 e. The molecule has 3 nitrogen and oxygen atoms in total. The number of rotatable bonds is 2. The lowest BCUT2D eigenvalue weighted by Gasteiger charge is -2.29. The van der Waals surface area contributed by atoms with Crippen LogP contribution in [0.3, 0.4) is 0 Å². The first-order chi connectivity index (χ1) is 9.35. The van der Waals surface area contributed by atoms with Gasteiger partial charge < -0.3 is 10.6 Å². The van der Waals surface area contributed by atoms with Crippen LogP contribution in [0.4, 0.5) is 5.82 Å². The number of hydrogen-bond acceptors (Lipinski definition) is 3. The van der Waals surface area contributed by atoms with Crippen molar-refractivity contribution in [2.24, 2.45) is 11.7 Å². The Labute approximate surface area is 113 Å². The smallest absolute Gasteiger partial charge is 0.137 e. The van der Waals surface area contributed by atoms with E-state index in [2.05, 4.69) is 35.2 Å². The second-order valence-corrected chi connectivity index (χ2v) is 5.85. The van der Waals surface area contributed by atoms with Gasteiger partial charge in [-0.25, -0.2) is 4.98 Å². The van der Waals surface area contributed by atoms with Crippen LogP contribution in [-0.2, 0) is 6.54 Å². The fraction of sp³-hybridized carbons (Fsp3) is 0.438. The summed E-state index contributed by atoms with van der Waals surface area (Å²) in [4.78, 5) is 7.34. The monoisotopic (exact) mass is 253 g/mol. The molecule has 1 aromatic heterocycles. The molecule has 0 spiro atoms. The molecule has 2 aromatic rings. The largest absolute Gasteiger partial charge is 0.353 e. The Morgan fingerprint density at radius 3 is 2.89 bits per heavy atom. The van der Waals surface area contributed by atoms with Gasteiger partial charge in [-0.15, -0.1) is 0 Å². The van der Waals surface area contributed by atoms with Gasteiger partial charge in [-0.1, -0.05) is 24.3 Å². The summed E-state index contributed by atoms with van der Waals surface area (Å²) in [6, 6.07) is 11.4. The Bertz CT molecular complexity index is 622. The van der Waals surface area contributed by atoms with Crippen molar-refractivity contribution in [3.05, 3.63) is 36.0 Å². The Morgan fingerprint density at radius 1 is 1.26 bits per heavy atom. The molecule has 2 heterocycles. The fourth-order valence-corrected chi connectivity index (χ4v) is 3.74. The van der Waals surface area contributed by atoms with Crippen LogP contribution in [0.15, 0.2) is 30.3 Å². The molecule has 1 aromatic carbocycles. The molecule has 19 heavy (non-hydrogen) atoms. The molecule has 2 bridgehead atoms. The molecule has 2 fully saturated rings. The van der Waals surface area contributed by atoms with Crippen LogP contribution >= 0.6 is 0 Å². The highest BCUT2D eigenvalue weighted by Gasteiger charge is 2.38. The van der Waals surface area contributed by atoms with Crippen LogP contribution < -0.4 is 10.6 Å². The molecule has 98 valence electrons. The minimum absolute atomic E-state index is 0.514. The fourth-order valence-electron chi connectivity index (χ4n) is 3.74. The van der Waals surface area contributed by atoms with E-state index in [-0.39, 0.29) is 0 Å². The van der Waals surface area contributed by atoms with Gasteiger partial charge in [0.1, 0.15) is 5.82 Å².